The maximum Gasteiger partial charge on any atom is 0.232 e. The van der Waals surface area contributed by atoms with Crippen LogP contribution in [0.3, 0.4) is 0 Å². The summed E-state index contributed by atoms with van der Waals surface area (Å²) < 4.78 is 5.21. The first-order valence-corrected chi connectivity index (χ1v) is 8.75. The monoisotopic (exact) mass is 351 g/mol. The van der Waals surface area contributed by atoms with E-state index in [1.165, 1.54) is 11.8 Å². The molecule has 3 N–H and O–H groups in total. The summed E-state index contributed by atoms with van der Waals surface area (Å²) in [6.45, 7) is 3.02. The van der Waals surface area contributed by atoms with Crippen LogP contribution in [0.25, 0.3) is 0 Å². The van der Waals surface area contributed by atoms with Crippen molar-refractivity contribution in [2.75, 3.05) is 44.4 Å². The van der Waals surface area contributed by atoms with E-state index in [4.69, 9.17) is 10.5 Å². The molecule has 0 bridgehead atoms. The third-order valence-electron chi connectivity index (χ3n) is 4.18. The van der Waals surface area contributed by atoms with Gasteiger partial charge in [0, 0.05) is 19.6 Å². The number of hydrogen-bond donors (Lipinski definition) is 2. The molecule has 1 heterocycles. The van der Waals surface area contributed by atoms with Crippen LogP contribution in [0.1, 0.15) is 25.7 Å². The zero-order valence-electron chi connectivity index (χ0n) is 12.8. The fourth-order valence-corrected chi connectivity index (χ4v) is 3.62. The topological polar surface area (TPSA) is 84.7 Å². The van der Waals surface area contributed by atoms with E-state index in [-0.39, 0.29) is 29.8 Å². The highest BCUT2D eigenvalue weighted by Crippen LogP contribution is 2.28. The molecule has 2 amide bonds. The van der Waals surface area contributed by atoms with E-state index >= 15 is 0 Å². The van der Waals surface area contributed by atoms with Gasteiger partial charge in [-0.2, -0.15) is 0 Å². The minimum Gasteiger partial charge on any atom is -0.378 e. The van der Waals surface area contributed by atoms with E-state index in [2.05, 4.69) is 5.32 Å². The van der Waals surface area contributed by atoms with Crippen molar-refractivity contribution in [2.24, 2.45) is 5.73 Å². The van der Waals surface area contributed by atoms with E-state index in [9.17, 15) is 9.59 Å². The number of nitrogens with two attached hydrogens (primary N) is 1. The second kappa shape index (κ2) is 9.60. The Hall–Kier alpha value is -0.500. The molecule has 0 aromatic rings. The summed E-state index contributed by atoms with van der Waals surface area (Å²) in [6, 6.07) is 0. The smallest absolute Gasteiger partial charge is 0.232 e. The molecule has 1 saturated carbocycles. The summed E-state index contributed by atoms with van der Waals surface area (Å²) in [6.07, 6.45) is 4.18. The Morgan fingerprint density at radius 2 is 1.82 bits per heavy atom. The molecule has 8 heteroatoms. The summed E-state index contributed by atoms with van der Waals surface area (Å²) in [5.41, 5.74) is 5.59. The van der Waals surface area contributed by atoms with E-state index in [0.717, 1.165) is 25.7 Å². The fraction of sp³-hybridized carbons (Fsp3) is 0.857. The molecule has 0 atom stereocenters. The molecule has 6 nitrogen and oxygen atoms in total. The minimum atomic E-state index is -0.203. The van der Waals surface area contributed by atoms with Gasteiger partial charge < -0.3 is 20.7 Å². The number of amides is 2. The zero-order chi connectivity index (χ0) is 15.1. The van der Waals surface area contributed by atoms with Gasteiger partial charge >= 0.3 is 0 Å². The average Bonchev–Trinajstić information content (AvgIpc) is 2.97. The van der Waals surface area contributed by atoms with Crippen LogP contribution in [0.5, 0.6) is 0 Å². The van der Waals surface area contributed by atoms with Gasteiger partial charge in [-0.15, -0.1) is 24.2 Å². The maximum absolute atomic E-state index is 12.0. The van der Waals surface area contributed by atoms with Crippen molar-refractivity contribution in [3.63, 3.8) is 0 Å². The molecule has 0 aromatic carbocycles. The zero-order valence-corrected chi connectivity index (χ0v) is 14.5. The van der Waals surface area contributed by atoms with Crippen LogP contribution in [-0.2, 0) is 14.3 Å². The molecule has 0 spiro atoms. The quantitative estimate of drug-likeness (QED) is 0.723. The lowest BCUT2D eigenvalue weighted by Gasteiger charge is -2.29. The lowest BCUT2D eigenvalue weighted by Crippen LogP contribution is -2.52. The van der Waals surface area contributed by atoms with Gasteiger partial charge in [-0.1, -0.05) is 12.8 Å². The molecule has 1 saturated heterocycles. The van der Waals surface area contributed by atoms with Gasteiger partial charge in [0.25, 0.3) is 0 Å². The van der Waals surface area contributed by atoms with Crippen LogP contribution >= 0.6 is 24.2 Å². The van der Waals surface area contributed by atoms with E-state index in [0.29, 0.717) is 44.4 Å². The summed E-state index contributed by atoms with van der Waals surface area (Å²) in [4.78, 5) is 25.7. The predicted octanol–water partition coefficient (Wildman–Crippen LogP) is 0.388. The van der Waals surface area contributed by atoms with Gasteiger partial charge in [0.1, 0.15) is 0 Å². The lowest BCUT2D eigenvalue weighted by atomic mass is 9.98. The third kappa shape index (κ3) is 5.61. The molecule has 2 rings (SSSR count). The Labute approximate surface area is 142 Å². The predicted molar refractivity (Wildman–Crippen MR) is 90.4 cm³/mol. The van der Waals surface area contributed by atoms with Crippen LogP contribution in [0, 0.1) is 0 Å². The van der Waals surface area contributed by atoms with Gasteiger partial charge in [-0.3, -0.25) is 9.59 Å². The van der Waals surface area contributed by atoms with Crippen molar-refractivity contribution in [1.82, 2.24) is 10.2 Å². The number of hydrogen-bond acceptors (Lipinski definition) is 5. The van der Waals surface area contributed by atoms with Crippen LogP contribution in [0.15, 0.2) is 0 Å². The molecular formula is C14H26ClN3O3S. The van der Waals surface area contributed by atoms with Gasteiger partial charge in [-0.05, 0) is 12.8 Å². The van der Waals surface area contributed by atoms with Crippen molar-refractivity contribution >= 4 is 36.0 Å². The molecule has 2 aliphatic rings. The largest absolute Gasteiger partial charge is 0.378 e. The van der Waals surface area contributed by atoms with E-state index in [1.54, 1.807) is 4.90 Å². The van der Waals surface area contributed by atoms with Crippen LogP contribution in [0.4, 0.5) is 0 Å². The normalized spacial score (nSPS) is 20.3. The summed E-state index contributed by atoms with van der Waals surface area (Å²) in [5, 5.41) is 3.07. The first-order valence-electron chi connectivity index (χ1n) is 7.60. The van der Waals surface area contributed by atoms with Crippen LogP contribution in [0.2, 0.25) is 0 Å². The van der Waals surface area contributed by atoms with Gasteiger partial charge in [-0.25, -0.2) is 0 Å². The molecule has 0 unspecified atom stereocenters. The Morgan fingerprint density at radius 1 is 1.18 bits per heavy atom. The number of rotatable bonds is 6. The average molecular weight is 352 g/mol. The van der Waals surface area contributed by atoms with Crippen LogP contribution < -0.4 is 11.1 Å². The first-order chi connectivity index (χ1) is 10.2. The number of carbonyl (C=O) groups excluding carboxylic acids is 2. The van der Waals surface area contributed by atoms with Crippen molar-refractivity contribution in [3.8, 4) is 0 Å². The molecule has 2 fully saturated rings. The van der Waals surface area contributed by atoms with E-state index < -0.39 is 0 Å². The maximum atomic E-state index is 12.0. The minimum absolute atomic E-state index is 0. The Morgan fingerprint density at radius 3 is 2.41 bits per heavy atom. The molecule has 1 aliphatic carbocycles. The van der Waals surface area contributed by atoms with Crippen molar-refractivity contribution in [2.45, 2.75) is 31.2 Å². The Kier molecular flexibility index (Phi) is 8.53. The van der Waals surface area contributed by atoms with Crippen molar-refractivity contribution < 1.29 is 14.3 Å². The highest BCUT2D eigenvalue weighted by molar-refractivity contribution is 8.00. The summed E-state index contributed by atoms with van der Waals surface area (Å²) in [7, 11) is 0. The first kappa shape index (κ1) is 19.5. The molecule has 1 aliphatic heterocycles. The fourth-order valence-electron chi connectivity index (χ4n) is 2.90. The standard InChI is InChI=1S/C14H25N3O3S.ClH/c15-11-14(3-1-2-4-14)16-12(18)9-21-10-13(19)17-5-7-20-8-6-17;/h1-11,15H2,(H,16,18);1H. The molecular weight excluding hydrogens is 326 g/mol. The number of thioether (sulfide) groups is 1. The second-order valence-electron chi connectivity index (χ2n) is 5.73. The number of carbonyl (C=O) groups is 2. The summed E-state index contributed by atoms with van der Waals surface area (Å²) >= 11 is 1.37. The molecule has 0 aromatic heterocycles. The van der Waals surface area contributed by atoms with Crippen molar-refractivity contribution in [1.29, 1.82) is 0 Å². The van der Waals surface area contributed by atoms with E-state index in [1.807, 2.05) is 0 Å². The Bertz CT molecular complexity index is 372. The number of morpholine rings is 1. The third-order valence-corrected chi connectivity index (χ3v) is 5.10. The number of ether oxygens (including phenoxy) is 1. The highest BCUT2D eigenvalue weighted by atomic mass is 35.5. The molecule has 0 radical (unpaired) electrons. The lowest BCUT2D eigenvalue weighted by molar-refractivity contribution is -0.132. The molecule has 128 valence electrons. The SMILES string of the molecule is Cl.NCC1(NC(=O)CSCC(=O)N2CCOCC2)CCCC1. The molecule has 22 heavy (non-hydrogen) atoms. The second-order valence-corrected chi connectivity index (χ2v) is 6.71. The Balaban J connectivity index is 0.00000242. The van der Waals surface area contributed by atoms with Gasteiger partial charge in [0.05, 0.1) is 30.3 Å². The number of halogens is 1. The van der Waals surface area contributed by atoms with Crippen molar-refractivity contribution in [3.05, 3.63) is 0 Å². The van der Waals surface area contributed by atoms with Gasteiger partial charge in [0.15, 0.2) is 0 Å². The van der Waals surface area contributed by atoms with Crippen LogP contribution in [-0.4, -0.2) is 66.6 Å². The van der Waals surface area contributed by atoms with Gasteiger partial charge in [0.2, 0.25) is 11.8 Å². The number of nitrogens with one attached hydrogen (secondary N) is 1. The summed E-state index contributed by atoms with van der Waals surface area (Å²) in [5.74, 6) is 0.744. The number of nitrogens with zero attached hydrogens (tertiary/aromatic N) is 1. The highest BCUT2D eigenvalue weighted by Gasteiger charge is 2.33.